The van der Waals surface area contributed by atoms with E-state index >= 15 is 0 Å². The molecule has 0 aromatic carbocycles. The van der Waals surface area contributed by atoms with Crippen LogP contribution in [0.25, 0.3) is 28.0 Å². The third-order valence-corrected chi connectivity index (χ3v) is 5.64. The number of imidazole rings is 1. The molecule has 5 rings (SSSR count). The number of methoxy groups -OCH3 is 2. The molecule has 1 aliphatic heterocycles. The first-order valence-corrected chi connectivity index (χ1v) is 10.6. The van der Waals surface area contributed by atoms with Crippen molar-refractivity contribution in [2.75, 3.05) is 45.3 Å². The third-order valence-electron chi connectivity index (χ3n) is 5.64. The van der Waals surface area contributed by atoms with E-state index in [1.807, 2.05) is 28.9 Å². The molecule has 10 nitrogen and oxygen atoms in total. The van der Waals surface area contributed by atoms with Crippen molar-refractivity contribution in [1.29, 1.82) is 0 Å². The summed E-state index contributed by atoms with van der Waals surface area (Å²) in [6.45, 7) is 3.76. The van der Waals surface area contributed by atoms with Crippen LogP contribution in [0.3, 0.4) is 0 Å². The zero-order valence-electron chi connectivity index (χ0n) is 18.4. The van der Waals surface area contributed by atoms with Gasteiger partial charge in [-0.15, -0.1) is 0 Å². The molecule has 0 amide bonds. The minimum Gasteiger partial charge on any atom is -0.467 e. The highest BCUT2D eigenvalue weighted by Crippen LogP contribution is 2.28. The van der Waals surface area contributed by atoms with Crippen LogP contribution in [0.5, 0.6) is 6.01 Å². The Hall–Kier alpha value is -4.05. The second kappa shape index (κ2) is 8.83. The molecule has 0 bridgehead atoms. The number of nitrogens with one attached hydrogen (secondary N) is 1. The Labute approximate surface area is 190 Å². The van der Waals surface area contributed by atoms with E-state index in [0.29, 0.717) is 11.2 Å². The highest BCUT2D eigenvalue weighted by atomic mass is 16.5. The van der Waals surface area contributed by atoms with Gasteiger partial charge in [-0.25, -0.2) is 24.7 Å². The molecule has 1 aliphatic rings. The van der Waals surface area contributed by atoms with Crippen molar-refractivity contribution in [2.45, 2.75) is 0 Å². The van der Waals surface area contributed by atoms with Gasteiger partial charge in [0.25, 0.3) is 0 Å². The number of rotatable bonds is 5. The molecule has 1 saturated heterocycles. The molecule has 0 radical (unpaired) electrons. The van der Waals surface area contributed by atoms with Crippen molar-refractivity contribution >= 4 is 17.4 Å². The van der Waals surface area contributed by atoms with Crippen LogP contribution < -0.4 is 15.0 Å². The van der Waals surface area contributed by atoms with Crippen LogP contribution in [-0.2, 0) is 4.74 Å². The first-order valence-electron chi connectivity index (χ1n) is 10.6. The van der Waals surface area contributed by atoms with Gasteiger partial charge < -0.3 is 19.7 Å². The number of pyridine rings is 2. The molecule has 0 atom stereocenters. The van der Waals surface area contributed by atoms with Crippen molar-refractivity contribution < 1.29 is 14.3 Å². The number of carbonyl (C=O) groups is 1. The summed E-state index contributed by atoms with van der Waals surface area (Å²) in [6, 6.07) is 6.04. The van der Waals surface area contributed by atoms with E-state index in [2.05, 4.69) is 30.2 Å². The molecule has 168 valence electrons. The predicted molar refractivity (Wildman–Crippen MR) is 122 cm³/mol. The fourth-order valence-corrected chi connectivity index (χ4v) is 3.91. The van der Waals surface area contributed by atoms with Gasteiger partial charge in [-0.05, 0) is 18.2 Å². The standard InChI is InChI=1S/C23H23N7O3/c1-32-22(31)18-9-16(17-11-27-23(33-2)28-12-17)14-30-19(13-26-21(18)30)15-3-4-20(25-10-15)29-7-5-24-6-8-29/h3-4,9-14,24H,5-8H2,1-2H3. The normalized spacial score (nSPS) is 13.8. The number of fused-ring (bicyclic) bond motifs is 1. The SMILES string of the molecule is COC(=O)c1cc(-c2cnc(OC)nc2)cn2c(-c3ccc(N4CCNCC4)nc3)cnc12. The zero-order chi connectivity index (χ0) is 22.8. The first kappa shape index (κ1) is 20.8. The van der Waals surface area contributed by atoms with Crippen molar-refractivity contribution in [3.05, 3.63) is 54.7 Å². The average Bonchev–Trinajstić information content (AvgIpc) is 3.32. The van der Waals surface area contributed by atoms with Crippen LogP contribution in [0, 0.1) is 0 Å². The van der Waals surface area contributed by atoms with Crippen LogP contribution in [-0.4, -0.2) is 70.7 Å². The van der Waals surface area contributed by atoms with E-state index in [-0.39, 0.29) is 6.01 Å². The number of nitrogens with zero attached hydrogens (tertiary/aromatic N) is 6. The maximum Gasteiger partial charge on any atom is 0.341 e. The van der Waals surface area contributed by atoms with E-state index < -0.39 is 5.97 Å². The summed E-state index contributed by atoms with van der Waals surface area (Å²) in [6.07, 6.45) is 8.77. The van der Waals surface area contributed by atoms with Crippen LogP contribution >= 0.6 is 0 Å². The van der Waals surface area contributed by atoms with Crippen molar-refractivity contribution in [1.82, 2.24) is 29.7 Å². The Kier molecular flexibility index (Phi) is 5.57. The summed E-state index contributed by atoms with van der Waals surface area (Å²) in [5, 5.41) is 3.35. The van der Waals surface area contributed by atoms with Gasteiger partial charge in [0.1, 0.15) is 11.4 Å². The molecule has 1 N–H and O–H groups in total. The minimum absolute atomic E-state index is 0.270. The highest BCUT2D eigenvalue weighted by Gasteiger charge is 2.19. The Morgan fingerprint density at radius 2 is 1.70 bits per heavy atom. The van der Waals surface area contributed by atoms with E-state index in [1.165, 1.54) is 14.2 Å². The lowest BCUT2D eigenvalue weighted by atomic mass is 10.1. The van der Waals surface area contributed by atoms with Gasteiger partial charge in [-0.2, -0.15) is 0 Å². The zero-order valence-corrected chi connectivity index (χ0v) is 18.4. The summed E-state index contributed by atoms with van der Waals surface area (Å²) in [5.41, 5.74) is 4.03. The molecule has 4 aromatic heterocycles. The lowest BCUT2D eigenvalue weighted by molar-refractivity contribution is 0.0602. The van der Waals surface area contributed by atoms with E-state index in [0.717, 1.165) is 54.4 Å². The summed E-state index contributed by atoms with van der Waals surface area (Å²) in [5.74, 6) is 0.473. The molecule has 1 fully saturated rings. The molecule has 33 heavy (non-hydrogen) atoms. The maximum atomic E-state index is 12.5. The molecular formula is C23H23N7O3. The van der Waals surface area contributed by atoms with Gasteiger partial charge in [0.05, 0.1) is 26.1 Å². The van der Waals surface area contributed by atoms with E-state index in [1.54, 1.807) is 24.7 Å². The van der Waals surface area contributed by atoms with Gasteiger partial charge in [0.2, 0.25) is 0 Å². The number of esters is 1. The summed E-state index contributed by atoms with van der Waals surface area (Å²) >= 11 is 0. The lowest BCUT2D eigenvalue weighted by Gasteiger charge is -2.28. The molecule has 0 spiro atoms. The summed E-state index contributed by atoms with van der Waals surface area (Å²) in [4.78, 5) is 32.3. The fraction of sp³-hybridized carbons (Fsp3) is 0.261. The Morgan fingerprint density at radius 3 is 2.36 bits per heavy atom. The lowest BCUT2D eigenvalue weighted by Crippen LogP contribution is -2.43. The summed E-state index contributed by atoms with van der Waals surface area (Å²) < 4.78 is 11.9. The van der Waals surface area contributed by atoms with Gasteiger partial charge in [0.15, 0.2) is 5.65 Å². The third kappa shape index (κ3) is 3.96. The smallest absolute Gasteiger partial charge is 0.341 e. The monoisotopic (exact) mass is 445 g/mol. The molecule has 0 aliphatic carbocycles. The van der Waals surface area contributed by atoms with Crippen LogP contribution in [0.4, 0.5) is 5.82 Å². The van der Waals surface area contributed by atoms with E-state index in [9.17, 15) is 4.79 Å². The largest absolute Gasteiger partial charge is 0.467 e. The molecular weight excluding hydrogens is 422 g/mol. The second-order valence-electron chi connectivity index (χ2n) is 7.57. The van der Waals surface area contributed by atoms with Crippen LogP contribution in [0.15, 0.2) is 49.2 Å². The van der Waals surface area contributed by atoms with Crippen molar-refractivity contribution in [3.63, 3.8) is 0 Å². The number of piperazine rings is 1. The van der Waals surface area contributed by atoms with Gasteiger partial charge in [0, 0.05) is 67.7 Å². The molecule has 10 heteroatoms. The number of anilines is 1. The molecule has 5 heterocycles. The average molecular weight is 445 g/mol. The van der Waals surface area contributed by atoms with Gasteiger partial charge >= 0.3 is 12.0 Å². The number of hydrogen-bond donors (Lipinski definition) is 1. The molecule has 0 saturated carbocycles. The first-order chi connectivity index (χ1) is 16.2. The number of aromatic nitrogens is 5. The van der Waals surface area contributed by atoms with Gasteiger partial charge in [-0.1, -0.05) is 0 Å². The topological polar surface area (TPSA) is 107 Å². The Balaban J connectivity index is 1.58. The van der Waals surface area contributed by atoms with Crippen LogP contribution in [0.1, 0.15) is 10.4 Å². The molecule has 4 aromatic rings. The van der Waals surface area contributed by atoms with Gasteiger partial charge in [-0.3, -0.25) is 4.40 Å². The number of ether oxygens (including phenoxy) is 2. The highest BCUT2D eigenvalue weighted by molar-refractivity contribution is 5.97. The number of hydrogen-bond acceptors (Lipinski definition) is 9. The van der Waals surface area contributed by atoms with Crippen molar-refractivity contribution in [2.24, 2.45) is 0 Å². The summed E-state index contributed by atoms with van der Waals surface area (Å²) in [7, 11) is 2.86. The van der Waals surface area contributed by atoms with E-state index in [4.69, 9.17) is 9.47 Å². The minimum atomic E-state index is -0.472. The fourth-order valence-electron chi connectivity index (χ4n) is 3.91. The molecule has 0 unspecified atom stereocenters. The maximum absolute atomic E-state index is 12.5. The quantitative estimate of drug-likeness (QED) is 0.462. The predicted octanol–water partition coefficient (Wildman–Crippen LogP) is 2.06. The van der Waals surface area contributed by atoms with Crippen molar-refractivity contribution in [3.8, 4) is 28.4 Å². The van der Waals surface area contributed by atoms with Crippen LogP contribution in [0.2, 0.25) is 0 Å². The number of carbonyl (C=O) groups excluding carboxylic acids is 1. The Morgan fingerprint density at radius 1 is 0.939 bits per heavy atom. The second-order valence-corrected chi connectivity index (χ2v) is 7.57. The Bertz CT molecular complexity index is 1280.